The molecule has 1 atom stereocenters. The molecule has 1 fully saturated rings. The number of likely N-dealkylation sites (N-methyl/N-ethyl adjacent to an activating group) is 1. The molecule has 4 nitrogen and oxygen atoms in total. The summed E-state index contributed by atoms with van der Waals surface area (Å²) < 4.78 is 0. The number of amides is 2. The molecule has 0 aromatic heterocycles. The molecule has 0 spiro atoms. The zero-order valence-electron chi connectivity index (χ0n) is 10.4. The molecule has 2 rings (SSSR count). The van der Waals surface area contributed by atoms with Crippen molar-refractivity contribution in [2.75, 3.05) is 25.5 Å². The summed E-state index contributed by atoms with van der Waals surface area (Å²) in [5.41, 5.74) is 0.663. The maximum Gasteiger partial charge on any atom is 0.321 e. The number of carbonyl (C=O) groups excluding carboxylic acids is 1. The molecule has 1 aromatic rings. The fraction of sp³-hybridized carbons (Fsp3) is 0.462. The number of carbonyl (C=O) groups is 1. The lowest BCUT2D eigenvalue weighted by atomic mass is 10.1. The molecule has 2 amide bonds. The summed E-state index contributed by atoms with van der Waals surface area (Å²) in [5, 5.41) is 6.63. The van der Waals surface area contributed by atoms with Crippen LogP contribution in [0.4, 0.5) is 10.5 Å². The first kappa shape index (κ1) is 13.2. The molecule has 98 valence electrons. The van der Waals surface area contributed by atoms with Crippen molar-refractivity contribution in [1.82, 2.24) is 10.2 Å². The maximum absolute atomic E-state index is 12.1. The van der Waals surface area contributed by atoms with E-state index in [-0.39, 0.29) is 6.03 Å². The summed E-state index contributed by atoms with van der Waals surface area (Å²) >= 11 is 6.02. The maximum atomic E-state index is 12.1. The van der Waals surface area contributed by atoms with Crippen LogP contribution in [0.15, 0.2) is 24.3 Å². The second-order valence-corrected chi connectivity index (χ2v) is 4.89. The van der Waals surface area contributed by atoms with Gasteiger partial charge in [-0.3, -0.25) is 0 Å². The molecule has 0 bridgehead atoms. The normalized spacial score (nSPS) is 19.7. The lowest BCUT2D eigenvalue weighted by Gasteiger charge is -2.32. The minimum absolute atomic E-state index is 0.0805. The van der Waals surface area contributed by atoms with Crippen molar-refractivity contribution in [1.29, 1.82) is 0 Å². The molecular formula is C13H18ClN3O. The molecule has 1 aliphatic rings. The van der Waals surface area contributed by atoms with E-state index in [4.69, 9.17) is 11.6 Å². The largest absolute Gasteiger partial charge is 0.323 e. The Labute approximate surface area is 112 Å². The molecule has 18 heavy (non-hydrogen) atoms. The van der Waals surface area contributed by atoms with Gasteiger partial charge in [0.1, 0.15) is 0 Å². The Morgan fingerprint density at radius 2 is 2.22 bits per heavy atom. The molecule has 1 aromatic carbocycles. The van der Waals surface area contributed by atoms with E-state index in [0.717, 1.165) is 25.9 Å². The van der Waals surface area contributed by atoms with Crippen LogP contribution < -0.4 is 10.6 Å². The Bertz CT molecular complexity index is 424. The fourth-order valence-corrected chi connectivity index (χ4v) is 2.34. The van der Waals surface area contributed by atoms with Crippen LogP contribution >= 0.6 is 11.6 Å². The second kappa shape index (κ2) is 6.07. The highest BCUT2D eigenvalue weighted by atomic mass is 35.5. The van der Waals surface area contributed by atoms with Gasteiger partial charge >= 0.3 is 6.03 Å². The first-order chi connectivity index (χ1) is 8.70. The van der Waals surface area contributed by atoms with E-state index < -0.39 is 0 Å². The zero-order valence-corrected chi connectivity index (χ0v) is 11.2. The number of rotatable bonds is 2. The van der Waals surface area contributed by atoms with Gasteiger partial charge in [-0.15, -0.1) is 0 Å². The average Bonchev–Trinajstić information content (AvgIpc) is 2.41. The van der Waals surface area contributed by atoms with E-state index in [1.54, 1.807) is 12.1 Å². The third-order valence-corrected chi connectivity index (χ3v) is 3.56. The smallest absolute Gasteiger partial charge is 0.321 e. The highest BCUT2D eigenvalue weighted by Crippen LogP contribution is 2.21. The van der Waals surface area contributed by atoms with Gasteiger partial charge in [0, 0.05) is 19.1 Å². The highest BCUT2D eigenvalue weighted by molar-refractivity contribution is 6.33. The minimum Gasteiger partial charge on any atom is -0.323 e. The topological polar surface area (TPSA) is 44.4 Å². The molecule has 1 heterocycles. The molecule has 0 aliphatic carbocycles. The number of halogens is 1. The Kier molecular flexibility index (Phi) is 4.44. The van der Waals surface area contributed by atoms with Crippen LogP contribution in [0.25, 0.3) is 0 Å². The fourth-order valence-electron chi connectivity index (χ4n) is 2.15. The van der Waals surface area contributed by atoms with Crippen LogP contribution in [0.2, 0.25) is 5.02 Å². The monoisotopic (exact) mass is 267 g/mol. The van der Waals surface area contributed by atoms with E-state index in [9.17, 15) is 4.79 Å². The third kappa shape index (κ3) is 3.15. The van der Waals surface area contributed by atoms with Crippen molar-refractivity contribution >= 4 is 23.3 Å². The molecule has 1 saturated heterocycles. The Balaban J connectivity index is 1.97. The number of hydrogen-bond donors (Lipinski definition) is 2. The zero-order chi connectivity index (χ0) is 13.0. The van der Waals surface area contributed by atoms with E-state index in [2.05, 4.69) is 10.6 Å². The van der Waals surface area contributed by atoms with Crippen LogP contribution in [-0.4, -0.2) is 37.1 Å². The number of para-hydroxylation sites is 1. The van der Waals surface area contributed by atoms with Crippen LogP contribution in [0.5, 0.6) is 0 Å². The number of benzene rings is 1. The first-order valence-electron chi connectivity index (χ1n) is 6.18. The van der Waals surface area contributed by atoms with Crippen molar-refractivity contribution in [3.63, 3.8) is 0 Å². The number of nitrogens with one attached hydrogen (secondary N) is 2. The standard InChI is InChI=1S/C13H18ClN3O/c1-15-10-5-4-8-17(9-10)13(18)16-12-7-3-2-6-11(12)14/h2-3,6-7,10,15H,4-5,8-9H2,1H3,(H,16,18)/t10-/m1/s1. The molecular weight excluding hydrogens is 250 g/mol. The second-order valence-electron chi connectivity index (χ2n) is 4.48. The molecule has 5 heteroatoms. The summed E-state index contributed by atoms with van der Waals surface area (Å²) in [4.78, 5) is 13.9. The van der Waals surface area contributed by atoms with Gasteiger partial charge in [0.15, 0.2) is 0 Å². The van der Waals surface area contributed by atoms with Gasteiger partial charge in [0.2, 0.25) is 0 Å². The Hall–Kier alpha value is -1.26. The van der Waals surface area contributed by atoms with Crippen molar-refractivity contribution in [3.05, 3.63) is 29.3 Å². The van der Waals surface area contributed by atoms with Crippen molar-refractivity contribution in [3.8, 4) is 0 Å². The lowest BCUT2D eigenvalue weighted by molar-refractivity contribution is 0.187. The number of likely N-dealkylation sites (tertiary alicyclic amines) is 1. The van der Waals surface area contributed by atoms with Crippen LogP contribution in [0, 0.1) is 0 Å². The van der Waals surface area contributed by atoms with E-state index in [1.165, 1.54) is 0 Å². The van der Waals surface area contributed by atoms with Crippen LogP contribution in [0.1, 0.15) is 12.8 Å². The summed E-state index contributed by atoms with van der Waals surface area (Å²) in [5.74, 6) is 0. The summed E-state index contributed by atoms with van der Waals surface area (Å²) in [7, 11) is 1.93. The Morgan fingerprint density at radius 3 is 2.94 bits per heavy atom. The lowest BCUT2D eigenvalue weighted by Crippen LogP contribution is -2.48. The van der Waals surface area contributed by atoms with Crippen molar-refractivity contribution in [2.45, 2.75) is 18.9 Å². The highest BCUT2D eigenvalue weighted by Gasteiger charge is 2.22. The summed E-state index contributed by atoms with van der Waals surface area (Å²) in [6, 6.07) is 7.58. The first-order valence-corrected chi connectivity index (χ1v) is 6.56. The van der Waals surface area contributed by atoms with Gasteiger partial charge in [-0.05, 0) is 32.0 Å². The molecule has 0 unspecified atom stereocenters. The van der Waals surface area contributed by atoms with E-state index in [0.29, 0.717) is 16.8 Å². The molecule has 2 N–H and O–H groups in total. The van der Waals surface area contributed by atoms with Gasteiger partial charge < -0.3 is 15.5 Å². The number of nitrogens with zero attached hydrogens (tertiary/aromatic N) is 1. The average molecular weight is 268 g/mol. The molecule has 0 radical (unpaired) electrons. The van der Waals surface area contributed by atoms with Crippen LogP contribution in [0.3, 0.4) is 0 Å². The van der Waals surface area contributed by atoms with Gasteiger partial charge in [0.25, 0.3) is 0 Å². The molecule has 1 aliphatic heterocycles. The predicted molar refractivity (Wildman–Crippen MR) is 74.1 cm³/mol. The van der Waals surface area contributed by atoms with Crippen molar-refractivity contribution in [2.24, 2.45) is 0 Å². The van der Waals surface area contributed by atoms with E-state index >= 15 is 0 Å². The number of anilines is 1. The van der Waals surface area contributed by atoms with Crippen molar-refractivity contribution < 1.29 is 4.79 Å². The predicted octanol–water partition coefficient (Wildman–Crippen LogP) is 2.56. The Morgan fingerprint density at radius 1 is 1.44 bits per heavy atom. The minimum atomic E-state index is -0.0805. The van der Waals surface area contributed by atoms with Gasteiger partial charge in [-0.1, -0.05) is 23.7 Å². The third-order valence-electron chi connectivity index (χ3n) is 3.23. The SMILES string of the molecule is CN[C@@H]1CCCN(C(=O)Nc2ccccc2Cl)C1. The van der Waals surface area contributed by atoms with Gasteiger partial charge in [-0.2, -0.15) is 0 Å². The van der Waals surface area contributed by atoms with Crippen LogP contribution in [-0.2, 0) is 0 Å². The van der Waals surface area contributed by atoms with Gasteiger partial charge in [0.05, 0.1) is 10.7 Å². The van der Waals surface area contributed by atoms with Gasteiger partial charge in [-0.25, -0.2) is 4.79 Å². The quantitative estimate of drug-likeness (QED) is 0.865. The molecule has 0 saturated carbocycles. The number of hydrogen-bond acceptors (Lipinski definition) is 2. The summed E-state index contributed by atoms with van der Waals surface area (Å²) in [6.07, 6.45) is 2.15. The number of piperidine rings is 1. The summed E-state index contributed by atoms with van der Waals surface area (Å²) in [6.45, 7) is 1.54. The number of urea groups is 1. The van der Waals surface area contributed by atoms with E-state index in [1.807, 2.05) is 24.1 Å².